The van der Waals surface area contributed by atoms with Crippen LogP contribution in [0.5, 0.6) is 0 Å². The summed E-state index contributed by atoms with van der Waals surface area (Å²) < 4.78 is 13.9. The first-order chi connectivity index (χ1) is 12.2. The van der Waals surface area contributed by atoms with Gasteiger partial charge in [-0.15, -0.1) is 11.3 Å². The van der Waals surface area contributed by atoms with Crippen molar-refractivity contribution in [2.24, 2.45) is 5.92 Å². The summed E-state index contributed by atoms with van der Waals surface area (Å²) in [4.78, 5) is 16.3. The molecule has 0 spiro atoms. The quantitative estimate of drug-likeness (QED) is 0.875. The van der Waals surface area contributed by atoms with E-state index in [-0.39, 0.29) is 5.82 Å². The molecule has 0 radical (unpaired) electrons. The third kappa shape index (κ3) is 3.93. The van der Waals surface area contributed by atoms with Crippen molar-refractivity contribution in [3.05, 3.63) is 47.1 Å². The second kappa shape index (κ2) is 7.26. The Morgan fingerprint density at radius 3 is 2.60 bits per heavy atom. The Morgan fingerprint density at radius 1 is 1.12 bits per heavy atom. The Labute approximate surface area is 151 Å². The standard InChI is InChI=1S/C20H23FN2OS/c21-18-4-2-1-3-17(18)19-8-7-16(25-19)13-22-15-9-11-23(12-10-15)20(24)14-5-6-14/h1-4,7-8,14-15,22H,5-6,9-13H2. The minimum Gasteiger partial charge on any atom is -0.342 e. The van der Waals surface area contributed by atoms with E-state index in [0.29, 0.717) is 23.4 Å². The van der Waals surface area contributed by atoms with Crippen molar-refractivity contribution in [3.8, 4) is 10.4 Å². The fourth-order valence-corrected chi connectivity index (χ4v) is 4.40. The molecule has 5 heteroatoms. The number of halogens is 1. The summed E-state index contributed by atoms with van der Waals surface area (Å²) in [5.41, 5.74) is 0.672. The number of likely N-dealkylation sites (tertiary alicyclic amines) is 1. The van der Waals surface area contributed by atoms with Crippen LogP contribution in [0.15, 0.2) is 36.4 Å². The van der Waals surface area contributed by atoms with Crippen molar-refractivity contribution in [1.29, 1.82) is 0 Å². The van der Waals surface area contributed by atoms with Crippen LogP contribution in [-0.2, 0) is 11.3 Å². The zero-order chi connectivity index (χ0) is 17.2. The van der Waals surface area contributed by atoms with Gasteiger partial charge in [-0.2, -0.15) is 0 Å². The van der Waals surface area contributed by atoms with Crippen molar-refractivity contribution < 1.29 is 9.18 Å². The Balaban J connectivity index is 1.28. The van der Waals surface area contributed by atoms with Gasteiger partial charge in [0.1, 0.15) is 5.82 Å². The predicted octanol–water partition coefficient (Wildman–Crippen LogP) is 4.04. The maximum atomic E-state index is 13.9. The van der Waals surface area contributed by atoms with E-state index >= 15 is 0 Å². The lowest BCUT2D eigenvalue weighted by Gasteiger charge is -2.32. The smallest absolute Gasteiger partial charge is 0.225 e. The number of amides is 1. The Kier molecular flexibility index (Phi) is 4.86. The largest absolute Gasteiger partial charge is 0.342 e. The van der Waals surface area contributed by atoms with Gasteiger partial charge >= 0.3 is 0 Å². The first-order valence-electron chi connectivity index (χ1n) is 9.06. The van der Waals surface area contributed by atoms with Gasteiger partial charge in [0.25, 0.3) is 0 Å². The van der Waals surface area contributed by atoms with Crippen molar-refractivity contribution in [3.63, 3.8) is 0 Å². The number of benzene rings is 1. The monoisotopic (exact) mass is 358 g/mol. The first-order valence-corrected chi connectivity index (χ1v) is 9.88. The Hall–Kier alpha value is -1.72. The molecule has 0 bridgehead atoms. The van der Waals surface area contributed by atoms with Crippen LogP contribution in [0.25, 0.3) is 10.4 Å². The van der Waals surface area contributed by atoms with Gasteiger partial charge in [-0.05, 0) is 43.9 Å². The zero-order valence-electron chi connectivity index (χ0n) is 14.2. The number of hydrogen-bond donors (Lipinski definition) is 1. The van der Waals surface area contributed by atoms with Crippen LogP contribution in [0.3, 0.4) is 0 Å². The summed E-state index contributed by atoms with van der Waals surface area (Å²) in [5, 5.41) is 3.60. The maximum absolute atomic E-state index is 13.9. The van der Waals surface area contributed by atoms with E-state index in [1.807, 2.05) is 23.1 Å². The summed E-state index contributed by atoms with van der Waals surface area (Å²) in [6, 6.07) is 11.4. The Bertz CT molecular complexity index is 748. The molecule has 0 unspecified atom stereocenters. The number of carbonyl (C=O) groups is 1. The highest BCUT2D eigenvalue weighted by atomic mass is 32.1. The normalized spacial score (nSPS) is 18.5. The molecule has 1 aliphatic heterocycles. The summed E-state index contributed by atoms with van der Waals surface area (Å²) in [6.45, 7) is 2.55. The van der Waals surface area contributed by atoms with Crippen LogP contribution >= 0.6 is 11.3 Å². The van der Waals surface area contributed by atoms with Gasteiger partial charge < -0.3 is 10.2 Å². The Morgan fingerprint density at radius 2 is 1.88 bits per heavy atom. The van der Waals surface area contributed by atoms with Crippen LogP contribution in [0.2, 0.25) is 0 Å². The zero-order valence-corrected chi connectivity index (χ0v) is 15.0. The van der Waals surface area contributed by atoms with E-state index < -0.39 is 0 Å². The molecule has 4 rings (SSSR count). The molecule has 1 amide bonds. The van der Waals surface area contributed by atoms with Gasteiger partial charge in [0.2, 0.25) is 5.91 Å². The third-order valence-electron chi connectivity index (χ3n) is 5.10. The van der Waals surface area contributed by atoms with Crippen LogP contribution in [0.4, 0.5) is 4.39 Å². The highest BCUT2D eigenvalue weighted by molar-refractivity contribution is 7.15. The second-order valence-electron chi connectivity index (χ2n) is 7.00. The number of rotatable bonds is 5. The lowest BCUT2D eigenvalue weighted by molar-refractivity contribution is -0.133. The van der Waals surface area contributed by atoms with E-state index in [1.165, 1.54) is 10.9 Å². The van der Waals surface area contributed by atoms with Crippen LogP contribution in [0.1, 0.15) is 30.6 Å². The van der Waals surface area contributed by atoms with E-state index in [9.17, 15) is 9.18 Å². The molecule has 1 N–H and O–H groups in total. The number of carbonyl (C=O) groups excluding carboxylic acids is 1. The van der Waals surface area contributed by atoms with E-state index in [2.05, 4.69) is 11.4 Å². The third-order valence-corrected chi connectivity index (χ3v) is 6.22. The van der Waals surface area contributed by atoms with Crippen molar-refractivity contribution in [1.82, 2.24) is 10.2 Å². The van der Waals surface area contributed by atoms with Crippen molar-refractivity contribution >= 4 is 17.2 Å². The molecule has 1 aromatic heterocycles. The molecule has 25 heavy (non-hydrogen) atoms. The van der Waals surface area contributed by atoms with Gasteiger partial charge in [0.15, 0.2) is 0 Å². The highest BCUT2D eigenvalue weighted by Gasteiger charge is 2.34. The molecule has 2 fully saturated rings. The summed E-state index contributed by atoms with van der Waals surface area (Å²) in [6.07, 6.45) is 4.20. The number of nitrogens with zero attached hydrogens (tertiary/aromatic N) is 1. The van der Waals surface area contributed by atoms with Gasteiger partial charge in [-0.3, -0.25) is 4.79 Å². The average molecular weight is 358 g/mol. The molecule has 2 heterocycles. The summed E-state index contributed by atoms with van der Waals surface area (Å²) in [7, 11) is 0. The van der Waals surface area contributed by atoms with Gasteiger partial charge in [0, 0.05) is 46.9 Å². The van der Waals surface area contributed by atoms with Gasteiger partial charge in [-0.1, -0.05) is 18.2 Å². The fourth-order valence-electron chi connectivity index (χ4n) is 3.42. The molecule has 2 aromatic rings. The number of thiophene rings is 1. The SMILES string of the molecule is O=C(C1CC1)N1CCC(NCc2ccc(-c3ccccc3F)s2)CC1. The average Bonchev–Trinajstić information content (AvgIpc) is 3.39. The second-order valence-corrected chi connectivity index (χ2v) is 8.17. The van der Waals surface area contributed by atoms with Crippen molar-refractivity contribution in [2.75, 3.05) is 13.1 Å². The molecule has 0 atom stereocenters. The maximum Gasteiger partial charge on any atom is 0.225 e. The molecule has 132 valence electrons. The van der Waals surface area contributed by atoms with Crippen molar-refractivity contribution in [2.45, 2.75) is 38.3 Å². The molecular weight excluding hydrogens is 335 g/mol. The summed E-state index contributed by atoms with van der Waals surface area (Å²) >= 11 is 1.64. The van der Waals surface area contributed by atoms with Crippen LogP contribution in [-0.4, -0.2) is 29.9 Å². The lowest BCUT2D eigenvalue weighted by Crippen LogP contribution is -2.45. The number of nitrogens with one attached hydrogen (secondary N) is 1. The number of hydrogen-bond acceptors (Lipinski definition) is 3. The molecule has 1 saturated heterocycles. The molecule has 2 aliphatic rings. The number of piperidine rings is 1. The lowest BCUT2D eigenvalue weighted by atomic mass is 10.0. The predicted molar refractivity (Wildman–Crippen MR) is 98.9 cm³/mol. The topological polar surface area (TPSA) is 32.3 Å². The molecule has 1 aliphatic carbocycles. The molecule has 1 aromatic carbocycles. The first kappa shape index (κ1) is 16.7. The van der Waals surface area contributed by atoms with Crippen LogP contribution < -0.4 is 5.32 Å². The van der Waals surface area contributed by atoms with Gasteiger partial charge in [0.05, 0.1) is 0 Å². The minimum atomic E-state index is -0.170. The van der Waals surface area contributed by atoms with E-state index in [1.54, 1.807) is 17.4 Å². The fraction of sp³-hybridized carbons (Fsp3) is 0.450. The minimum absolute atomic E-state index is 0.170. The molecular formula is C20H23FN2OS. The summed E-state index contributed by atoms with van der Waals surface area (Å²) in [5.74, 6) is 0.523. The molecule has 1 saturated carbocycles. The highest BCUT2D eigenvalue weighted by Crippen LogP contribution is 2.32. The van der Waals surface area contributed by atoms with E-state index in [0.717, 1.165) is 50.2 Å². The molecule has 3 nitrogen and oxygen atoms in total. The van der Waals surface area contributed by atoms with E-state index in [4.69, 9.17) is 0 Å². The van der Waals surface area contributed by atoms with Crippen LogP contribution in [0, 0.1) is 11.7 Å². The van der Waals surface area contributed by atoms with Gasteiger partial charge in [-0.25, -0.2) is 4.39 Å².